The van der Waals surface area contributed by atoms with Gasteiger partial charge in [-0.2, -0.15) is 0 Å². The number of benzene rings is 1. The van der Waals surface area contributed by atoms with Gasteiger partial charge in [0.05, 0.1) is 18.0 Å². The third-order valence-electron chi connectivity index (χ3n) is 2.40. The third-order valence-corrected chi connectivity index (χ3v) is 2.99. The predicted molar refractivity (Wildman–Crippen MR) is 63.3 cm³/mol. The van der Waals surface area contributed by atoms with Gasteiger partial charge < -0.3 is 4.74 Å². The lowest BCUT2D eigenvalue weighted by molar-refractivity contribution is 0.301. The van der Waals surface area contributed by atoms with Gasteiger partial charge in [0.1, 0.15) is 5.75 Å². The molecule has 1 N–H and O–H groups in total. The fourth-order valence-corrected chi connectivity index (χ4v) is 2.04. The summed E-state index contributed by atoms with van der Waals surface area (Å²) >= 11 is 0. The first-order valence-corrected chi connectivity index (χ1v) is 7.09. The molecule has 0 spiro atoms. The zero-order chi connectivity index (χ0) is 11.8. The first kappa shape index (κ1) is 11.3. The summed E-state index contributed by atoms with van der Waals surface area (Å²) in [6.07, 6.45) is 3.62. The summed E-state index contributed by atoms with van der Waals surface area (Å²) in [6.45, 7) is 1.85. The largest absolute Gasteiger partial charge is 0.490 e. The van der Waals surface area contributed by atoms with Crippen LogP contribution in [0, 0.1) is 6.92 Å². The summed E-state index contributed by atoms with van der Waals surface area (Å²) in [4.78, 5) is 0. The molecule has 0 aromatic heterocycles. The van der Waals surface area contributed by atoms with Crippen LogP contribution in [0.15, 0.2) is 18.2 Å². The molecular weight excluding hydrogens is 226 g/mol. The minimum Gasteiger partial charge on any atom is -0.490 e. The monoisotopic (exact) mass is 241 g/mol. The third kappa shape index (κ3) is 2.88. The Labute approximate surface area is 95.7 Å². The molecular formula is C11H15NO3S. The lowest BCUT2D eigenvalue weighted by Gasteiger charge is -2.12. The average Bonchev–Trinajstić information content (AvgIpc) is 2.93. The van der Waals surface area contributed by atoms with Crippen LogP contribution in [0.5, 0.6) is 5.75 Å². The van der Waals surface area contributed by atoms with Crippen molar-refractivity contribution in [3.63, 3.8) is 0 Å². The fourth-order valence-electron chi connectivity index (χ4n) is 1.42. The van der Waals surface area contributed by atoms with E-state index in [-0.39, 0.29) is 0 Å². The van der Waals surface area contributed by atoms with E-state index in [4.69, 9.17) is 4.74 Å². The summed E-state index contributed by atoms with van der Waals surface area (Å²) in [6, 6.07) is 5.38. The molecule has 0 radical (unpaired) electrons. The maximum Gasteiger partial charge on any atom is 0.229 e. The van der Waals surface area contributed by atoms with E-state index in [1.54, 1.807) is 12.1 Å². The molecule has 88 valence electrons. The number of nitrogens with one attached hydrogen (secondary N) is 1. The van der Waals surface area contributed by atoms with Gasteiger partial charge in [-0.1, -0.05) is 6.07 Å². The molecule has 4 nitrogen and oxygen atoms in total. The van der Waals surface area contributed by atoms with E-state index in [9.17, 15) is 8.42 Å². The standard InChI is InChI=1S/C11H15NO3S/c1-8-10(12-16(2,13)14)4-3-5-11(8)15-9-6-7-9/h3-5,9,12H,6-7H2,1-2H3. The van der Waals surface area contributed by atoms with E-state index in [1.165, 1.54) is 0 Å². The number of ether oxygens (including phenoxy) is 1. The molecule has 0 unspecified atom stereocenters. The second-order valence-electron chi connectivity index (χ2n) is 4.12. The molecule has 0 atom stereocenters. The number of sulfonamides is 1. The van der Waals surface area contributed by atoms with Gasteiger partial charge in [-0.3, -0.25) is 4.72 Å². The van der Waals surface area contributed by atoms with E-state index in [0.29, 0.717) is 11.8 Å². The molecule has 5 heteroatoms. The Morgan fingerprint density at radius 1 is 1.38 bits per heavy atom. The van der Waals surface area contributed by atoms with Crippen LogP contribution >= 0.6 is 0 Å². The fraction of sp³-hybridized carbons (Fsp3) is 0.455. The van der Waals surface area contributed by atoms with Crippen molar-refractivity contribution < 1.29 is 13.2 Å². The first-order chi connectivity index (χ1) is 7.46. The molecule has 0 aliphatic heterocycles. The van der Waals surface area contributed by atoms with E-state index in [2.05, 4.69) is 4.72 Å². The van der Waals surface area contributed by atoms with Crippen LogP contribution in [0.4, 0.5) is 5.69 Å². The Hall–Kier alpha value is -1.23. The molecule has 16 heavy (non-hydrogen) atoms. The van der Waals surface area contributed by atoms with Gasteiger partial charge in [-0.15, -0.1) is 0 Å². The van der Waals surface area contributed by atoms with E-state index >= 15 is 0 Å². The summed E-state index contributed by atoms with van der Waals surface area (Å²) in [5.74, 6) is 0.760. The SMILES string of the molecule is Cc1c(NS(C)(=O)=O)cccc1OC1CC1. The Balaban J connectivity index is 2.24. The lowest BCUT2D eigenvalue weighted by Crippen LogP contribution is -2.11. The highest BCUT2D eigenvalue weighted by atomic mass is 32.2. The highest BCUT2D eigenvalue weighted by molar-refractivity contribution is 7.92. The van der Waals surface area contributed by atoms with E-state index in [1.807, 2.05) is 13.0 Å². The van der Waals surface area contributed by atoms with Crippen molar-refractivity contribution in [2.75, 3.05) is 11.0 Å². The molecule has 1 aromatic carbocycles. The molecule has 0 saturated heterocycles. The number of hydrogen-bond acceptors (Lipinski definition) is 3. The lowest BCUT2D eigenvalue weighted by atomic mass is 10.2. The number of hydrogen-bond donors (Lipinski definition) is 1. The summed E-state index contributed by atoms with van der Waals surface area (Å²) < 4.78 is 30.4. The number of anilines is 1. The summed E-state index contributed by atoms with van der Waals surface area (Å²) in [5, 5.41) is 0. The van der Waals surface area contributed by atoms with Crippen LogP contribution in [0.25, 0.3) is 0 Å². The maximum absolute atomic E-state index is 11.1. The smallest absolute Gasteiger partial charge is 0.229 e. The number of rotatable bonds is 4. The van der Waals surface area contributed by atoms with Gasteiger partial charge in [-0.25, -0.2) is 8.42 Å². The topological polar surface area (TPSA) is 55.4 Å². The van der Waals surface area contributed by atoms with Crippen LogP contribution in [0.2, 0.25) is 0 Å². The molecule has 0 heterocycles. The van der Waals surface area contributed by atoms with Gasteiger partial charge in [0, 0.05) is 5.56 Å². The van der Waals surface area contributed by atoms with E-state index in [0.717, 1.165) is 30.4 Å². The molecule has 1 fully saturated rings. The van der Waals surface area contributed by atoms with Crippen molar-refractivity contribution in [1.82, 2.24) is 0 Å². The second-order valence-corrected chi connectivity index (χ2v) is 5.87. The average molecular weight is 241 g/mol. The van der Waals surface area contributed by atoms with Crippen LogP contribution in [0.1, 0.15) is 18.4 Å². The van der Waals surface area contributed by atoms with Crippen molar-refractivity contribution in [2.45, 2.75) is 25.9 Å². The van der Waals surface area contributed by atoms with Crippen molar-refractivity contribution >= 4 is 15.7 Å². The minimum atomic E-state index is -3.23. The maximum atomic E-state index is 11.1. The van der Waals surface area contributed by atoms with Gasteiger partial charge in [0.15, 0.2) is 0 Å². The Kier molecular flexibility index (Phi) is 2.80. The quantitative estimate of drug-likeness (QED) is 0.876. The molecule has 1 aliphatic carbocycles. The Morgan fingerprint density at radius 2 is 2.06 bits per heavy atom. The zero-order valence-corrected chi connectivity index (χ0v) is 10.2. The summed E-state index contributed by atoms with van der Waals surface area (Å²) in [5.41, 5.74) is 1.42. The summed E-state index contributed by atoms with van der Waals surface area (Å²) in [7, 11) is -3.23. The van der Waals surface area contributed by atoms with Crippen molar-refractivity contribution in [3.05, 3.63) is 23.8 Å². The highest BCUT2D eigenvalue weighted by Gasteiger charge is 2.24. The Bertz CT molecular complexity index is 492. The van der Waals surface area contributed by atoms with Crippen LogP contribution in [0.3, 0.4) is 0 Å². The van der Waals surface area contributed by atoms with Crippen LogP contribution < -0.4 is 9.46 Å². The van der Waals surface area contributed by atoms with Gasteiger partial charge in [0.2, 0.25) is 10.0 Å². The molecule has 1 aromatic rings. The first-order valence-electron chi connectivity index (χ1n) is 5.20. The molecule has 1 saturated carbocycles. The second kappa shape index (κ2) is 3.97. The Morgan fingerprint density at radius 3 is 2.62 bits per heavy atom. The predicted octanol–water partition coefficient (Wildman–Crippen LogP) is 1.91. The van der Waals surface area contributed by atoms with E-state index < -0.39 is 10.0 Å². The van der Waals surface area contributed by atoms with Crippen LogP contribution in [-0.2, 0) is 10.0 Å². The molecule has 2 rings (SSSR count). The highest BCUT2D eigenvalue weighted by Crippen LogP contribution is 2.32. The van der Waals surface area contributed by atoms with Crippen molar-refractivity contribution in [2.24, 2.45) is 0 Å². The van der Waals surface area contributed by atoms with Gasteiger partial charge >= 0.3 is 0 Å². The molecule has 1 aliphatic rings. The van der Waals surface area contributed by atoms with Crippen molar-refractivity contribution in [3.8, 4) is 5.75 Å². The molecule has 0 bridgehead atoms. The van der Waals surface area contributed by atoms with Crippen molar-refractivity contribution in [1.29, 1.82) is 0 Å². The molecule has 0 amide bonds. The van der Waals surface area contributed by atoms with Gasteiger partial charge in [0.25, 0.3) is 0 Å². The van der Waals surface area contributed by atoms with Crippen LogP contribution in [-0.4, -0.2) is 20.8 Å². The zero-order valence-electron chi connectivity index (χ0n) is 9.36. The van der Waals surface area contributed by atoms with Gasteiger partial charge in [-0.05, 0) is 31.9 Å². The normalized spacial score (nSPS) is 15.9. The minimum absolute atomic E-state index is 0.312.